The summed E-state index contributed by atoms with van der Waals surface area (Å²) in [6, 6.07) is 6.84. The van der Waals surface area contributed by atoms with Gasteiger partial charge < -0.3 is 10.4 Å². The molecule has 2 N–H and O–H groups in total. The predicted octanol–water partition coefficient (Wildman–Crippen LogP) is 1.88. The van der Waals surface area contributed by atoms with Gasteiger partial charge in [-0.3, -0.25) is 0 Å². The highest BCUT2D eigenvalue weighted by Crippen LogP contribution is 2.23. The van der Waals surface area contributed by atoms with E-state index in [0.29, 0.717) is 5.56 Å². The highest BCUT2D eigenvalue weighted by Gasteiger charge is 2.23. The maximum Gasteiger partial charge on any atom is 0.124 e. The third-order valence-electron chi connectivity index (χ3n) is 2.10. The van der Waals surface area contributed by atoms with Gasteiger partial charge in [-0.05, 0) is 25.6 Å². The molecule has 0 bridgehead atoms. The van der Waals surface area contributed by atoms with Crippen molar-refractivity contribution in [2.45, 2.75) is 19.0 Å². The molecule has 1 aromatic rings. The minimum Gasteiger partial charge on any atom is -0.508 e. The van der Waals surface area contributed by atoms with Crippen LogP contribution >= 0.6 is 0 Å². The van der Waals surface area contributed by atoms with Crippen LogP contribution in [0.15, 0.2) is 24.3 Å². The molecule has 0 aromatic heterocycles. The first-order valence-electron chi connectivity index (χ1n) is 4.65. The molecule has 0 radical (unpaired) electrons. The van der Waals surface area contributed by atoms with Crippen LogP contribution in [0.2, 0.25) is 0 Å². The van der Waals surface area contributed by atoms with Crippen LogP contribution in [0.3, 0.4) is 0 Å². The molecular weight excluding hydrogens is 181 g/mol. The number of nitrogens with one attached hydrogen (secondary N) is 1. The number of phenols is 1. The van der Waals surface area contributed by atoms with Gasteiger partial charge in [-0.1, -0.05) is 18.2 Å². The lowest BCUT2D eigenvalue weighted by Gasteiger charge is -2.20. The van der Waals surface area contributed by atoms with E-state index in [1.54, 1.807) is 31.3 Å². The molecule has 2 nitrogen and oxygen atoms in total. The highest BCUT2D eigenvalue weighted by atomic mass is 19.1. The zero-order chi connectivity index (χ0) is 10.6. The Kier molecular flexibility index (Phi) is 3.47. The number of halogens is 1. The minimum atomic E-state index is -1.33. The molecule has 0 aliphatic heterocycles. The van der Waals surface area contributed by atoms with E-state index in [1.807, 2.05) is 0 Å². The third-order valence-corrected chi connectivity index (χ3v) is 2.10. The minimum absolute atomic E-state index is 0.160. The van der Waals surface area contributed by atoms with Gasteiger partial charge in [-0.15, -0.1) is 0 Å². The summed E-state index contributed by atoms with van der Waals surface area (Å²) in [6.07, 6.45) is 0.223. The lowest BCUT2D eigenvalue weighted by atomic mass is 9.97. The lowest BCUT2D eigenvalue weighted by Crippen LogP contribution is -2.33. The molecule has 1 atom stereocenters. The molecule has 0 aliphatic carbocycles. The number of benzene rings is 1. The zero-order valence-corrected chi connectivity index (χ0v) is 8.55. The second kappa shape index (κ2) is 4.42. The Morgan fingerprint density at radius 3 is 2.64 bits per heavy atom. The quantitative estimate of drug-likeness (QED) is 0.772. The van der Waals surface area contributed by atoms with Crippen LogP contribution in [-0.4, -0.2) is 24.4 Å². The van der Waals surface area contributed by atoms with Crippen molar-refractivity contribution in [3.63, 3.8) is 0 Å². The Morgan fingerprint density at radius 1 is 1.43 bits per heavy atom. The summed E-state index contributed by atoms with van der Waals surface area (Å²) >= 11 is 0. The number of hydrogen-bond acceptors (Lipinski definition) is 2. The van der Waals surface area contributed by atoms with E-state index in [1.165, 1.54) is 6.92 Å². The molecule has 0 fully saturated rings. The first-order chi connectivity index (χ1) is 6.55. The van der Waals surface area contributed by atoms with Crippen LogP contribution in [0, 0.1) is 0 Å². The number of phenolic OH excluding ortho intramolecular Hbond substituents is 1. The summed E-state index contributed by atoms with van der Waals surface area (Å²) in [5, 5.41) is 12.2. The molecule has 0 aliphatic rings. The maximum atomic E-state index is 13.8. The topological polar surface area (TPSA) is 32.3 Å². The number of rotatable bonds is 4. The molecule has 14 heavy (non-hydrogen) atoms. The molecule has 0 heterocycles. The van der Waals surface area contributed by atoms with Crippen molar-refractivity contribution in [1.82, 2.24) is 5.32 Å². The average Bonchev–Trinajstić information content (AvgIpc) is 2.08. The van der Waals surface area contributed by atoms with Crippen molar-refractivity contribution in [2.24, 2.45) is 0 Å². The first kappa shape index (κ1) is 11.0. The van der Waals surface area contributed by atoms with Gasteiger partial charge in [0.2, 0.25) is 0 Å². The van der Waals surface area contributed by atoms with Gasteiger partial charge in [0.05, 0.1) is 0 Å². The van der Waals surface area contributed by atoms with Crippen LogP contribution in [-0.2, 0) is 6.42 Å². The first-order valence-corrected chi connectivity index (χ1v) is 4.65. The van der Waals surface area contributed by atoms with Gasteiger partial charge in [0.15, 0.2) is 0 Å². The third kappa shape index (κ3) is 3.00. The van der Waals surface area contributed by atoms with Gasteiger partial charge in [0.1, 0.15) is 11.4 Å². The van der Waals surface area contributed by atoms with Crippen molar-refractivity contribution in [2.75, 3.05) is 13.6 Å². The molecule has 0 amide bonds. The van der Waals surface area contributed by atoms with Crippen molar-refractivity contribution in [3.05, 3.63) is 29.8 Å². The van der Waals surface area contributed by atoms with Crippen molar-refractivity contribution in [3.8, 4) is 5.75 Å². The molecule has 3 heteroatoms. The Bertz CT molecular complexity index is 299. The standard InChI is InChI=1S/C11H16FNO/c1-11(12,8-13-2)7-9-5-3-4-6-10(9)14/h3-6,13-14H,7-8H2,1-2H3. The normalized spacial score (nSPS) is 15.1. The van der Waals surface area contributed by atoms with Crippen LogP contribution in [0.5, 0.6) is 5.75 Å². The second-order valence-corrected chi connectivity index (χ2v) is 3.75. The molecule has 0 spiro atoms. The van der Waals surface area contributed by atoms with Gasteiger partial charge in [-0.2, -0.15) is 0 Å². The van der Waals surface area contributed by atoms with E-state index in [-0.39, 0.29) is 18.7 Å². The smallest absolute Gasteiger partial charge is 0.124 e. The number of aromatic hydroxyl groups is 1. The molecule has 0 saturated heterocycles. The molecule has 1 aromatic carbocycles. The number of para-hydroxylation sites is 1. The van der Waals surface area contributed by atoms with Crippen LogP contribution in [0.25, 0.3) is 0 Å². The summed E-state index contributed by atoms with van der Waals surface area (Å²) in [7, 11) is 1.71. The number of alkyl halides is 1. The van der Waals surface area contributed by atoms with Crippen LogP contribution in [0.1, 0.15) is 12.5 Å². The monoisotopic (exact) mass is 197 g/mol. The zero-order valence-electron chi connectivity index (χ0n) is 8.55. The largest absolute Gasteiger partial charge is 0.508 e. The predicted molar refractivity (Wildman–Crippen MR) is 55.3 cm³/mol. The SMILES string of the molecule is CNCC(C)(F)Cc1ccccc1O. The van der Waals surface area contributed by atoms with Crippen LogP contribution in [0.4, 0.5) is 4.39 Å². The Hall–Kier alpha value is -1.09. The number of hydrogen-bond donors (Lipinski definition) is 2. The Labute approximate surface area is 83.8 Å². The van der Waals surface area contributed by atoms with Gasteiger partial charge >= 0.3 is 0 Å². The maximum absolute atomic E-state index is 13.8. The van der Waals surface area contributed by atoms with Gasteiger partial charge in [0, 0.05) is 13.0 Å². The molecular formula is C11H16FNO. The fraction of sp³-hybridized carbons (Fsp3) is 0.455. The fourth-order valence-corrected chi connectivity index (χ4v) is 1.49. The molecule has 1 unspecified atom stereocenters. The summed E-state index contributed by atoms with van der Waals surface area (Å²) in [4.78, 5) is 0. The molecule has 78 valence electrons. The molecule has 1 rings (SSSR count). The summed E-state index contributed by atoms with van der Waals surface area (Å²) in [5.41, 5.74) is -0.680. The summed E-state index contributed by atoms with van der Waals surface area (Å²) in [6.45, 7) is 1.80. The summed E-state index contributed by atoms with van der Waals surface area (Å²) in [5.74, 6) is 0.160. The van der Waals surface area contributed by atoms with E-state index in [4.69, 9.17) is 0 Å². The second-order valence-electron chi connectivity index (χ2n) is 3.75. The van der Waals surface area contributed by atoms with E-state index >= 15 is 0 Å². The van der Waals surface area contributed by atoms with E-state index in [0.717, 1.165) is 0 Å². The fourth-order valence-electron chi connectivity index (χ4n) is 1.49. The average molecular weight is 197 g/mol. The summed E-state index contributed by atoms with van der Waals surface area (Å²) < 4.78 is 13.8. The van der Waals surface area contributed by atoms with E-state index in [9.17, 15) is 9.50 Å². The van der Waals surface area contributed by atoms with Crippen LogP contribution < -0.4 is 5.32 Å². The van der Waals surface area contributed by atoms with Gasteiger partial charge in [-0.25, -0.2) is 4.39 Å². The van der Waals surface area contributed by atoms with Crippen molar-refractivity contribution < 1.29 is 9.50 Å². The van der Waals surface area contributed by atoms with Crippen molar-refractivity contribution in [1.29, 1.82) is 0 Å². The lowest BCUT2D eigenvalue weighted by molar-refractivity contribution is 0.186. The molecule has 0 saturated carbocycles. The van der Waals surface area contributed by atoms with Crippen molar-refractivity contribution >= 4 is 0 Å². The van der Waals surface area contributed by atoms with Gasteiger partial charge in [0.25, 0.3) is 0 Å². The Balaban J connectivity index is 2.73. The van der Waals surface area contributed by atoms with E-state index in [2.05, 4.69) is 5.32 Å². The van der Waals surface area contributed by atoms with E-state index < -0.39 is 5.67 Å². The Morgan fingerprint density at radius 2 is 2.07 bits per heavy atom. The highest BCUT2D eigenvalue weighted by molar-refractivity contribution is 5.32.